The number of nitrogens with zero attached hydrogens (tertiary/aromatic N) is 1. The van der Waals surface area contributed by atoms with Crippen molar-refractivity contribution in [2.24, 2.45) is 3.15 Å². The molecule has 0 aliphatic carbocycles. The van der Waals surface area contributed by atoms with E-state index in [1.54, 1.807) is 28.3 Å². The summed E-state index contributed by atoms with van der Waals surface area (Å²) in [5.41, 5.74) is 6.41. The lowest BCUT2D eigenvalue weighted by Crippen LogP contribution is -2.18. The van der Waals surface area contributed by atoms with Gasteiger partial charge in [0, 0.05) is 21.0 Å². The first-order chi connectivity index (χ1) is 9.09. The second kappa shape index (κ2) is 5.74. The van der Waals surface area contributed by atoms with Crippen LogP contribution >= 0.6 is 21.0 Å². The number of anilines is 2. The Kier molecular flexibility index (Phi) is 4.05. The van der Waals surface area contributed by atoms with Crippen LogP contribution in [0.25, 0.3) is 0 Å². The number of carbonyl (C=O) groups is 2. The molecule has 0 spiro atoms. The summed E-state index contributed by atoms with van der Waals surface area (Å²) < 4.78 is 5.72. The topological polar surface area (TPSA) is 105 Å². The van der Waals surface area contributed by atoms with Crippen molar-refractivity contribution >= 4 is 44.3 Å². The van der Waals surface area contributed by atoms with Crippen LogP contribution in [0.3, 0.4) is 0 Å². The SMILES string of the molecule is Nc1ccccc1NC(=O)C1=C(C(=O)O)C=CI=N1. The van der Waals surface area contributed by atoms with Gasteiger partial charge in [-0.2, -0.15) is 0 Å². The molecule has 0 bridgehead atoms. The zero-order chi connectivity index (χ0) is 13.8. The van der Waals surface area contributed by atoms with E-state index in [2.05, 4.69) is 8.46 Å². The molecule has 0 fully saturated rings. The molecule has 0 radical (unpaired) electrons. The third-order valence-corrected chi connectivity index (χ3v) is 3.77. The average Bonchev–Trinajstić information content (AvgIpc) is 2.41. The molecule has 19 heavy (non-hydrogen) atoms. The molecule has 98 valence electrons. The van der Waals surface area contributed by atoms with Gasteiger partial charge in [-0.3, -0.25) is 4.79 Å². The maximum Gasteiger partial charge on any atom is 0.338 e. The van der Waals surface area contributed by atoms with Crippen molar-refractivity contribution in [3.63, 3.8) is 0 Å². The van der Waals surface area contributed by atoms with E-state index in [-0.39, 0.29) is 11.3 Å². The van der Waals surface area contributed by atoms with Crippen LogP contribution in [0, 0.1) is 0 Å². The molecule has 6 nitrogen and oxygen atoms in total. The van der Waals surface area contributed by atoms with Gasteiger partial charge >= 0.3 is 5.97 Å². The van der Waals surface area contributed by atoms with Crippen molar-refractivity contribution in [3.8, 4) is 0 Å². The highest BCUT2D eigenvalue weighted by molar-refractivity contribution is 14.2. The number of hydrogen-bond donors (Lipinski definition) is 3. The third-order valence-electron chi connectivity index (χ3n) is 2.33. The first kappa shape index (κ1) is 13.4. The first-order valence-electron chi connectivity index (χ1n) is 5.23. The summed E-state index contributed by atoms with van der Waals surface area (Å²) in [6.07, 6.45) is 1.42. The molecule has 0 aromatic heterocycles. The maximum atomic E-state index is 12.0. The number of benzene rings is 1. The normalized spacial score (nSPS) is 13.9. The molecule has 1 aromatic rings. The smallest absolute Gasteiger partial charge is 0.338 e. The van der Waals surface area contributed by atoms with Crippen molar-refractivity contribution in [3.05, 3.63) is 45.7 Å². The second-order valence-electron chi connectivity index (χ2n) is 3.58. The fourth-order valence-corrected chi connectivity index (χ4v) is 2.86. The number of amides is 1. The Bertz CT molecular complexity index is 635. The van der Waals surface area contributed by atoms with Gasteiger partial charge < -0.3 is 16.2 Å². The largest absolute Gasteiger partial charge is 0.478 e. The van der Waals surface area contributed by atoms with Gasteiger partial charge in [0.2, 0.25) is 0 Å². The van der Waals surface area contributed by atoms with Gasteiger partial charge in [0.25, 0.3) is 5.91 Å². The second-order valence-corrected chi connectivity index (χ2v) is 5.34. The van der Waals surface area contributed by atoms with E-state index in [1.165, 1.54) is 6.08 Å². The summed E-state index contributed by atoms with van der Waals surface area (Å²) in [4.78, 5) is 23.1. The minimum Gasteiger partial charge on any atom is -0.478 e. The van der Waals surface area contributed by atoms with E-state index in [9.17, 15) is 9.59 Å². The lowest BCUT2D eigenvalue weighted by molar-refractivity contribution is -0.132. The number of carboxylic acid groups (broad SMARTS) is 1. The average molecular weight is 371 g/mol. The molecule has 7 heteroatoms. The van der Waals surface area contributed by atoms with Crippen molar-refractivity contribution in [1.82, 2.24) is 0 Å². The summed E-state index contributed by atoms with van der Waals surface area (Å²) in [6, 6.07) is 6.75. The van der Waals surface area contributed by atoms with Gasteiger partial charge in [-0.25, -0.2) is 7.94 Å². The van der Waals surface area contributed by atoms with Crippen LogP contribution in [0.4, 0.5) is 11.4 Å². The van der Waals surface area contributed by atoms with Gasteiger partial charge in [0.15, 0.2) is 0 Å². The van der Waals surface area contributed by atoms with E-state index in [0.29, 0.717) is 11.4 Å². The monoisotopic (exact) mass is 371 g/mol. The van der Waals surface area contributed by atoms with Crippen LogP contribution in [0.15, 0.2) is 48.8 Å². The molecule has 4 N–H and O–H groups in total. The van der Waals surface area contributed by atoms with Crippen LogP contribution in [0.1, 0.15) is 0 Å². The molecule has 1 aliphatic heterocycles. The molecule has 0 saturated heterocycles. The van der Waals surface area contributed by atoms with Gasteiger partial charge in [-0.05, 0) is 22.3 Å². The predicted octanol–water partition coefficient (Wildman–Crippen LogP) is 2.23. The minimum atomic E-state index is -1.17. The van der Waals surface area contributed by atoms with E-state index >= 15 is 0 Å². The lowest BCUT2D eigenvalue weighted by atomic mass is 10.2. The quantitative estimate of drug-likeness (QED) is 0.560. The van der Waals surface area contributed by atoms with Gasteiger partial charge in [0.05, 0.1) is 16.9 Å². The van der Waals surface area contributed by atoms with Gasteiger partial charge in [0.1, 0.15) is 5.70 Å². The summed E-state index contributed by atoms with van der Waals surface area (Å²) in [7, 11) is 0. The van der Waals surface area contributed by atoms with E-state index in [0.717, 1.165) is 0 Å². The summed E-state index contributed by atoms with van der Waals surface area (Å²) in [6.45, 7) is 0. The Morgan fingerprint density at radius 3 is 2.74 bits per heavy atom. The predicted molar refractivity (Wildman–Crippen MR) is 79.7 cm³/mol. The fourth-order valence-electron chi connectivity index (χ4n) is 1.42. The number of carbonyl (C=O) groups excluding carboxylic acids is 1. The van der Waals surface area contributed by atoms with E-state index < -0.39 is 32.9 Å². The lowest BCUT2D eigenvalue weighted by Gasteiger charge is -2.10. The number of aliphatic carboxylic acids is 1. The van der Waals surface area contributed by atoms with Crippen LogP contribution in [-0.4, -0.2) is 17.0 Å². The highest BCUT2D eigenvalue weighted by atomic mass is 127. The Hall–Kier alpha value is -2.03. The number of carboxylic acids is 1. The molecule has 0 saturated carbocycles. The standard InChI is InChI=1S/C12H10IN3O3/c14-8-3-1-2-4-9(8)15-11(17)10-7(12(18)19)5-6-13-16-10/h1-6H,14H2,(H,15,17)(H,18,19). The molecule has 0 atom stereocenters. The number of nitrogens with one attached hydrogen (secondary N) is 1. The molecule has 0 unspecified atom stereocenters. The van der Waals surface area contributed by atoms with Crippen molar-refractivity contribution in [1.29, 1.82) is 0 Å². The van der Waals surface area contributed by atoms with Gasteiger partial charge in [-0.15, -0.1) is 0 Å². The molecule has 1 aliphatic rings. The molecular formula is C12H10IN3O3. The number of hydrogen-bond acceptors (Lipinski definition) is 4. The Labute approximate surface area is 119 Å². The van der Waals surface area contributed by atoms with E-state index in [1.807, 2.05) is 0 Å². The van der Waals surface area contributed by atoms with E-state index in [4.69, 9.17) is 10.8 Å². The number of nitrogen functional groups attached to an aromatic ring is 1. The zero-order valence-electron chi connectivity index (χ0n) is 9.63. The molecular weight excluding hydrogens is 361 g/mol. The van der Waals surface area contributed by atoms with Crippen molar-refractivity contribution < 1.29 is 14.7 Å². The zero-order valence-corrected chi connectivity index (χ0v) is 11.8. The Morgan fingerprint density at radius 1 is 1.32 bits per heavy atom. The molecule has 1 amide bonds. The number of halogens is 1. The minimum absolute atomic E-state index is 0.0500. The molecule has 1 heterocycles. The Morgan fingerprint density at radius 2 is 2.05 bits per heavy atom. The highest BCUT2D eigenvalue weighted by Crippen LogP contribution is 2.24. The summed E-state index contributed by atoms with van der Waals surface area (Å²) in [5, 5.41) is 11.6. The molecule has 2 rings (SSSR count). The highest BCUT2D eigenvalue weighted by Gasteiger charge is 2.20. The number of rotatable bonds is 3. The van der Waals surface area contributed by atoms with Crippen LogP contribution in [0.2, 0.25) is 0 Å². The van der Waals surface area contributed by atoms with Crippen molar-refractivity contribution in [2.45, 2.75) is 0 Å². The van der Waals surface area contributed by atoms with Gasteiger partial charge in [-0.1, -0.05) is 12.1 Å². The number of nitrogens with two attached hydrogens (primary N) is 1. The number of para-hydroxylation sites is 2. The van der Waals surface area contributed by atoms with Crippen LogP contribution in [-0.2, 0) is 9.59 Å². The maximum absolute atomic E-state index is 12.0. The summed E-state index contributed by atoms with van der Waals surface area (Å²) >= 11 is -0.665. The third kappa shape index (κ3) is 3.05. The van der Waals surface area contributed by atoms with Crippen LogP contribution < -0.4 is 11.1 Å². The first-order valence-corrected chi connectivity index (χ1v) is 7.44. The van der Waals surface area contributed by atoms with Crippen LogP contribution in [0.5, 0.6) is 0 Å². The summed E-state index contributed by atoms with van der Waals surface area (Å²) in [5.74, 6) is -1.73. The molecule has 1 aromatic carbocycles. The van der Waals surface area contributed by atoms with Crippen molar-refractivity contribution in [2.75, 3.05) is 11.1 Å². The Balaban J connectivity index is 2.30. The fraction of sp³-hybridized carbons (Fsp3) is 0.